The standard InChI is InChI=1S/C68H44N3.Ir/c1-2-16-51-43-68(42-50(51)15-1)61-39-47(45-18-13-17-44(35-45)46-19-14-20-49(36-46)63-25-11-12-34-69-63)30-32-55(61)56-33-31-48(40-62(56)68)52-37-53(70-64-26-7-3-21-57(64)58-22-4-8-27-65(58)70)41-54(38-52)71-66-28-9-5-23-59(66)60-24-6-10-29-67(60)71;/h1-19,21-41H,42-43H2;/q-1;. The van der Waals surface area contributed by atoms with E-state index >= 15 is 0 Å². The molecule has 0 fully saturated rings. The van der Waals surface area contributed by atoms with E-state index in [0.717, 1.165) is 41.0 Å². The van der Waals surface area contributed by atoms with Crippen molar-refractivity contribution in [3.8, 4) is 67.1 Å². The van der Waals surface area contributed by atoms with Crippen molar-refractivity contribution in [1.29, 1.82) is 0 Å². The third-order valence-electron chi connectivity index (χ3n) is 15.6. The molecule has 3 nitrogen and oxygen atoms in total. The summed E-state index contributed by atoms with van der Waals surface area (Å²) >= 11 is 0. The van der Waals surface area contributed by atoms with Crippen LogP contribution in [0.5, 0.6) is 0 Å². The van der Waals surface area contributed by atoms with Gasteiger partial charge in [-0.15, -0.1) is 35.4 Å². The molecule has 4 heteroatoms. The number of hydrogen-bond acceptors (Lipinski definition) is 1. The number of rotatable bonds is 6. The van der Waals surface area contributed by atoms with Crippen LogP contribution in [0.3, 0.4) is 0 Å². The van der Waals surface area contributed by atoms with Crippen molar-refractivity contribution in [2.45, 2.75) is 18.3 Å². The van der Waals surface area contributed by atoms with Crippen molar-refractivity contribution in [3.63, 3.8) is 0 Å². The molecule has 0 amide bonds. The molecular weight excluding hydrogens is 1050 g/mol. The number of para-hydroxylation sites is 4. The van der Waals surface area contributed by atoms with Crippen molar-refractivity contribution in [2.24, 2.45) is 0 Å². The summed E-state index contributed by atoms with van der Waals surface area (Å²) in [6.07, 6.45) is 3.76. The van der Waals surface area contributed by atoms with Crippen LogP contribution in [0.25, 0.3) is 111 Å². The summed E-state index contributed by atoms with van der Waals surface area (Å²) in [7, 11) is 0. The fourth-order valence-corrected chi connectivity index (χ4v) is 12.5. The van der Waals surface area contributed by atoms with Gasteiger partial charge in [-0.1, -0.05) is 152 Å². The summed E-state index contributed by atoms with van der Waals surface area (Å²) in [5, 5.41) is 5.02. The van der Waals surface area contributed by atoms with Crippen LogP contribution in [0.2, 0.25) is 0 Å². The molecule has 0 unspecified atom stereocenters. The summed E-state index contributed by atoms with van der Waals surface area (Å²) < 4.78 is 4.94. The molecule has 0 atom stereocenters. The van der Waals surface area contributed by atoms with Crippen LogP contribution in [0.1, 0.15) is 22.3 Å². The second kappa shape index (κ2) is 16.6. The first-order valence-electron chi connectivity index (χ1n) is 24.7. The van der Waals surface area contributed by atoms with Crippen molar-refractivity contribution in [1.82, 2.24) is 14.1 Å². The maximum Gasteiger partial charge on any atom is 0.0541 e. The maximum absolute atomic E-state index is 4.61. The normalized spacial score (nSPS) is 13.2. The van der Waals surface area contributed by atoms with Gasteiger partial charge in [0, 0.05) is 64.6 Å². The molecule has 2 aliphatic rings. The van der Waals surface area contributed by atoms with Crippen LogP contribution >= 0.6 is 0 Å². The fraction of sp³-hybridized carbons (Fsp3) is 0.0441. The zero-order chi connectivity index (χ0) is 46.6. The minimum atomic E-state index is -0.217. The first-order chi connectivity index (χ1) is 35.1. The van der Waals surface area contributed by atoms with Crippen molar-refractivity contribution >= 4 is 43.6 Å². The van der Waals surface area contributed by atoms with E-state index < -0.39 is 0 Å². The Kier molecular flexibility index (Phi) is 9.80. The number of aromatic nitrogens is 3. The molecule has 72 heavy (non-hydrogen) atoms. The van der Waals surface area contributed by atoms with Gasteiger partial charge in [-0.2, -0.15) is 0 Å². The van der Waals surface area contributed by atoms with E-state index in [2.05, 4.69) is 233 Å². The van der Waals surface area contributed by atoms with E-state index in [1.165, 1.54) is 105 Å². The van der Waals surface area contributed by atoms with Crippen LogP contribution in [0, 0.1) is 6.07 Å². The Bertz CT molecular complexity index is 4050. The molecule has 0 bridgehead atoms. The van der Waals surface area contributed by atoms with E-state index in [1.807, 2.05) is 30.5 Å². The second-order valence-corrected chi connectivity index (χ2v) is 19.5. The Morgan fingerprint density at radius 2 is 0.833 bits per heavy atom. The van der Waals surface area contributed by atoms with Gasteiger partial charge in [0.2, 0.25) is 0 Å². The van der Waals surface area contributed by atoms with Crippen LogP contribution in [0.15, 0.2) is 243 Å². The van der Waals surface area contributed by atoms with Gasteiger partial charge in [0.25, 0.3) is 0 Å². The number of pyridine rings is 1. The van der Waals surface area contributed by atoms with E-state index in [4.69, 9.17) is 0 Å². The third kappa shape index (κ3) is 6.50. The van der Waals surface area contributed by atoms with Gasteiger partial charge < -0.3 is 14.1 Å². The largest absolute Gasteiger partial charge is 0.309 e. The first kappa shape index (κ1) is 42.5. The van der Waals surface area contributed by atoms with Crippen LogP contribution in [-0.2, 0) is 38.4 Å². The molecule has 1 radical (unpaired) electrons. The van der Waals surface area contributed by atoms with Gasteiger partial charge in [0.15, 0.2) is 0 Å². The van der Waals surface area contributed by atoms with Crippen LogP contribution in [-0.4, -0.2) is 14.1 Å². The molecule has 341 valence electrons. The molecule has 0 saturated carbocycles. The van der Waals surface area contributed by atoms with Gasteiger partial charge >= 0.3 is 0 Å². The van der Waals surface area contributed by atoms with E-state index in [9.17, 15) is 0 Å². The zero-order valence-electron chi connectivity index (χ0n) is 39.2. The Morgan fingerprint density at radius 3 is 1.35 bits per heavy atom. The quantitative estimate of drug-likeness (QED) is 0.152. The topological polar surface area (TPSA) is 22.8 Å². The van der Waals surface area contributed by atoms with E-state index in [1.54, 1.807) is 0 Å². The molecule has 3 aromatic heterocycles. The summed E-state index contributed by atoms with van der Waals surface area (Å²) in [5.74, 6) is 0. The minimum absolute atomic E-state index is 0. The molecule has 1 spiro atoms. The first-order valence-corrected chi connectivity index (χ1v) is 24.7. The van der Waals surface area contributed by atoms with Crippen molar-refractivity contribution in [3.05, 3.63) is 271 Å². The molecule has 13 aromatic rings. The van der Waals surface area contributed by atoms with Gasteiger partial charge in [-0.05, 0) is 146 Å². The van der Waals surface area contributed by atoms with Crippen molar-refractivity contribution in [2.75, 3.05) is 0 Å². The average molecular weight is 1100 g/mol. The molecule has 0 saturated heterocycles. The average Bonchev–Trinajstić information content (AvgIpc) is 4.18. The van der Waals surface area contributed by atoms with Crippen LogP contribution in [0.4, 0.5) is 0 Å². The molecule has 15 rings (SSSR count). The van der Waals surface area contributed by atoms with Gasteiger partial charge in [0.05, 0.1) is 22.1 Å². The Labute approximate surface area is 431 Å². The second-order valence-electron chi connectivity index (χ2n) is 19.5. The van der Waals surface area contributed by atoms with Gasteiger partial charge in [-0.3, -0.25) is 0 Å². The number of fused-ring (bicyclic) bond motifs is 12. The fourth-order valence-electron chi connectivity index (χ4n) is 12.5. The number of benzene rings is 10. The van der Waals surface area contributed by atoms with Crippen LogP contribution < -0.4 is 0 Å². The summed E-state index contributed by atoms with van der Waals surface area (Å²) in [5.41, 5.74) is 24.3. The summed E-state index contributed by atoms with van der Waals surface area (Å²) in [4.78, 5) is 4.61. The smallest absolute Gasteiger partial charge is 0.0541 e. The predicted molar refractivity (Wildman–Crippen MR) is 294 cm³/mol. The van der Waals surface area contributed by atoms with E-state index in [0.29, 0.717) is 0 Å². The Morgan fingerprint density at radius 1 is 0.375 bits per heavy atom. The maximum atomic E-state index is 4.61. The Balaban J connectivity index is 0.00000482. The minimum Gasteiger partial charge on any atom is -0.309 e. The molecule has 10 aromatic carbocycles. The monoisotopic (exact) mass is 1100 g/mol. The predicted octanol–water partition coefficient (Wildman–Crippen LogP) is 16.8. The van der Waals surface area contributed by atoms with Gasteiger partial charge in [0.1, 0.15) is 0 Å². The van der Waals surface area contributed by atoms with E-state index in [-0.39, 0.29) is 25.5 Å². The molecule has 0 aliphatic heterocycles. The molecule has 3 heterocycles. The summed E-state index contributed by atoms with van der Waals surface area (Å²) in [6.45, 7) is 0. The third-order valence-corrected chi connectivity index (χ3v) is 15.6. The zero-order valence-corrected chi connectivity index (χ0v) is 41.6. The molecular formula is C68H44IrN3-. The molecule has 0 N–H and O–H groups in total. The SMILES string of the molecule is [Ir].[c-]1ccc(-c2cccc(-c3ccc4c(c3)C3(Cc5ccccc5C3)c3cc(-c5cc(-n6c7ccccc7c7ccccc76)cc(-n6c7ccccc7c7ccccc76)c5)ccc3-4)c2)cc1-c1ccccn1. The number of hydrogen-bond donors (Lipinski definition) is 0. The van der Waals surface area contributed by atoms with Gasteiger partial charge in [-0.25, -0.2) is 0 Å². The van der Waals surface area contributed by atoms with Crippen molar-refractivity contribution < 1.29 is 20.1 Å². The number of nitrogens with zero attached hydrogens (tertiary/aromatic N) is 3. The molecule has 2 aliphatic carbocycles. The Hall–Kier alpha value is -8.40. The summed E-state index contributed by atoms with van der Waals surface area (Å²) in [6, 6.07) is 91.1.